The van der Waals surface area contributed by atoms with E-state index < -0.39 is 15.0 Å². The molecule has 0 saturated heterocycles. The number of carbonyl (C=O) groups excluding carboxylic acids is 1. The Morgan fingerprint density at radius 3 is 2.17 bits per heavy atom. The van der Waals surface area contributed by atoms with Gasteiger partial charge in [-0.1, -0.05) is 24.3 Å². The highest BCUT2D eigenvalue weighted by Gasteiger charge is 2.16. The van der Waals surface area contributed by atoms with E-state index >= 15 is 0 Å². The molecule has 0 aliphatic heterocycles. The first-order valence-electron chi connectivity index (χ1n) is 6.75. The first-order chi connectivity index (χ1) is 11.3. The molecule has 0 spiro atoms. The number of hydrogen-bond acceptors (Lipinski definition) is 6. The van der Waals surface area contributed by atoms with Crippen LogP contribution in [0, 0.1) is 10.1 Å². The smallest absolute Gasteiger partial charge is 0.339 e. The average Bonchev–Trinajstić information content (AvgIpc) is 2.54. The Labute approximate surface area is 138 Å². The lowest BCUT2D eigenvalue weighted by Gasteiger charge is -2.07. The summed E-state index contributed by atoms with van der Waals surface area (Å²) in [5.74, 6) is -0.0952. The van der Waals surface area contributed by atoms with Crippen LogP contribution >= 0.6 is 0 Å². The Bertz CT molecular complexity index is 883. The van der Waals surface area contributed by atoms with Crippen LogP contribution < -0.4 is 4.18 Å². The molecular weight excluding hydrogens is 334 g/mol. The normalized spacial score (nSPS) is 11.4. The van der Waals surface area contributed by atoms with Crippen molar-refractivity contribution in [3.05, 3.63) is 76.0 Å². The van der Waals surface area contributed by atoms with Crippen molar-refractivity contribution in [1.29, 1.82) is 0 Å². The zero-order valence-electron chi connectivity index (χ0n) is 12.6. The minimum Gasteiger partial charge on any atom is -0.379 e. The van der Waals surface area contributed by atoms with E-state index in [0.29, 0.717) is 11.1 Å². The van der Waals surface area contributed by atoms with Crippen molar-refractivity contribution >= 4 is 22.0 Å². The fourth-order valence-electron chi connectivity index (χ4n) is 1.81. The summed E-state index contributed by atoms with van der Waals surface area (Å²) >= 11 is 0. The standard InChI is InChI=1S/C16H13NO6S/c1-12(18)14-4-8-16(9-5-14)24(21,22)23-15-6-2-13(3-7-15)10-11-17(19)20/h2-11H,1H3/b11-10+. The molecule has 0 amide bonds. The third-order valence-electron chi connectivity index (χ3n) is 3.02. The zero-order chi connectivity index (χ0) is 17.7. The van der Waals surface area contributed by atoms with Crippen molar-refractivity contribution in [2.24, 2.45) is 0 Å². The molecule has 0 unspecified atom stereocenters. The summed E-state index contributed by atoms with van der Waals surface area (Å²) in [6.45, 7) is 1.38. The summed E-state index contributed by atoms with van der Waals surface area (Å²) in [5.41, 5.74) is 0.929. The second-order valence-corrected chi connectivity index (χ2v) is 6.33. The van der Waals surface area contributed by atoms with Crippen LogP contribution in [-0.4, -0.2) is 19.1 Å². The molecular formula is C16H13NO6S. The number of benzene rings is 2. The quantitative estimate of drug-likeness (QED) is 0.344. The maximum absolute atomic E-state index is 12.2. The second kappa shape index (κ2) is 7.05. The molecule has 8 heteroatoms. The van der Waals surface area contributed by atoms with Crippen LogP contribution in [-0.2, 0) is 10.1 Å². The number of nitro groups is 1. The largest absolute Gasteiger partial charge is 0.379 e. The van der Waals surface area contributed by atoms with E-state index in [0.717, 1.165) is 6.20 Å². The molecule has 0 radical (unpaired) electrons. The number of carbonyl (C=O) groups is 1. The number of nitrogens with zero attached hydrogens (tertiary/aromatic N) is 1. The van der Waals surface area contributed by atoms with Crippen molar-refractivity contribution in [2.45, 2.75) is 11.8 Å². The fraction of sp³-hybridized carbons (Fsp3) is 0.0625. The van der Waals surface area contributed by atoms with E-state index in [-0.39, 0.29) is 16.4 Å². The molecule has 24 heavy (non-hydrogen) atoms. The van der Waals surface area contributed by atoms with Crippen LogP contribution in [0.3, 0.4) is 0 Å². The van der Waals surface area contributed by atoms with Crippen molar-refractivity contribution in [3.8, 4) is 5.75 Å². The van der Waals surface area contributed by atoms with Crippen molar-refractivity contribution < 1.29 is 22.3 Å². The molecule has 0 atom stereocenters. The van der Waals surface area contributed by atoms with Gasteiger partial charge in [0, 0.05) is 11.6 Å². The van der Waals surface area contributed by atoms with Gasteiger partial charge in [-0.15, -0.1) is 0 Å². The van der Waals surface area contributed by atoms with E-state index in [1.165, 1.54) is 61.5 Å². The minimum absolute atomic E-state index is 0.0731. The van der Waals surface area contributed by atoms with Crippen LogP contribution in [0.2, 0.25) is 0 Å². The van der Waals surface area contributed by atoms with Crippen LogP contribution in [0.25, 0.3) is 6.08 Å². The Kier molecular flexibility index (Phi) is 5.10. The summed E-state index contributed by atoms with van der Waals surface area (Å²) in [6, 6.07) is 11.2. The van der Waals surface area contributed by atoms with Gasteiger partial charge in [0.05, 0.1) is 4.92 Å². The molecule has 0 aliphatic carbocycles. The van der Waals surface area contributed by atoms with Gasteiger partial charge in [0.2, 0.25) is 6.20 Å². The summed E-state index contributed by atoms with van der Waals surface area (Å²) in [6.07, 6.45) is 2.06. The van der Waals surface area contributed by atoms with E-state index in [4.69, 9.17) is 4.18 Å². The van der Waals surface area contributed by atoms with Gasteiger partial charge in [0.25, 0.3) is 0 Å². The summed E-state index contributed by atoms with van der Waals surface area (Å²) in [5, 5.41) is 10.2. The number of ketones is 1. The van der Waals surface area contributed by atoms with Gasteiger partial charge in [0.1, 0.15) is 10.6 Å². The highest BCUT2D eigenvalue weighted by Crippen LogP contribution is 2.20. The highest BCUT2D eigenvalue weighted by atomic mass is 32.2. The molecule has 2 aromatic rings. The second-order valence-electron chi connectivity index (χ2n) is 4.79. The summed E-state index contributed by atoms with van der Waals surface area (Å²) in [7, 11) is -4.03. The predicted octanol–water partition coefficient (Wildman–Crippen LogP) is 2.90. The van der Waals surface area contributed by atoms with E-state index in [9.17, 15) is 23.3 Å². The third kappa shape index (κ3) is 4.50. The summed E-state index contributed by atoms with van der Waals surface area (Å²) < 4.78 is 29.3. The van der Waals surface area contributed by atoms with Crippen molar-refractivity contribution in [3.63, 3.8) is 0 Å². The molecule has 0 aliphatic rings. The van der Waals surface area contributed by atoms with E-state index in [2.05, 4.69) is 0 Å². The monoisotopic (exact) mass is 347 g/mol. The number of Topliss-reactive ketones (excluding diaryl/α,β-unsaturated/α-hetero) is 1. The Balaban J connectivity index is 2.16. The first-order valence-corrected chi connectivity index (χ1v) is 8.16. The van der Waals surface area contributed by atoms with Gasteiger partial charge >= 0.3 is 10.1 Å². The number of rotatable bonds is 6. The van der Waals surface area contributed by atoms with Gasteiger partial charge < -0.3 is 4.18 Å². The molecule has 2 rings (SSSR count). The van der Waals surface area contributed by atoms with Gasteiger partial charge in [-0.2, -0.15) is 8.42 Å². The lowest BCUT2D eigenvalue weighted by atomic mass is 10.2. The SMILES string of the molecule is CC(=O)c1ccc(S(=O)(=O)Oc2ccc(/C=C/[N+](=O)[O-])cc2)cc1. The molecule has 0 heterocycles. The molecule has 0 bridgehead atoms. The van der Waals surface area contributed by atoms with Gasteiger partial charge in [0.15, 0.2) is 5.78 Å². The maximum Gasteiger partial charge on any atom is 0.339 e. The van der Waals surface area contributed by atoms with Gasteiger partial charge in [-0.3, -0.25) is 14.9 Å². The topological polar surface area (TPSA) is 104 Å². The van der Waals surface area contributed by atoms with Gasteiger partial charge in [-0.25, -0.2) is 0 Å². The van der Waals surface area contributed by atoms with E-state index in [1.807, 2.05) is 0 Å². The average molecular weight is 347 g/mol. The highest BCUT2D eigenvalue weighted by molar-refractivity contribution is 7.87. The maximum atomic E-state index is 12.2. The fourth-order valence-corrected chi connectivity index (χ4v) is 2.74. The molecule has 7 nitrogen and oxygen atoms in total. The lowest BCUT2D eigenvalue weighted by molar-refractivity contribution is -0.400. The first kappa shape index (κ1) is 17.4. The molecule has 124 valence electrons. The zero-order valence-corrected chi connectivity index (χ0v) is 13.4. The minimum atomic E-state index is -4.03. The Morgan fingerprint density at radius 2 is 1.67 bits per heavy atom. The van der Waals surface area contributed by atoms with Crippen molar-refractivity contribution in [1.82, 2.24) is 0 Å². The van der Waals surface area contributed by atoms with Crippen LogP contribution in [0.15, 0.2) is 59.6 Å². The third-order valence-corrected chi connectivity index (χ3v) is 4.29. The van der Waals surface area contributed by atoms with Crippen LogP contribution in [0.5, 0.6) is 5.75 Å². The predicted molar refractivity (Wildman–Crippen MR) is 86.7 cm³/mol. The van der Waals surface area contributed by atoms with E-state index in [1.54, 1.807) is 0 Å². The molecule has 0 fully saturated rings. The Morgan fingerprint density at radius 1 is 1.08 bits per heavy atom. The summed E-state index contributed by atoms with van der Waals surface area (Å²) in [4.78, 5) is 20.8. The Hall–Kier alpha value is -3.00. The van der Waals surface area contributed by atoms with Crippen molar-refractivity contribution in [2.75, 3.05) is 0 Å². The molecule has 2 aromatic carbocycles. The van der Waals surface area contributed by atoms with Crippen LogP contribution in [0.4, 0.5) is 0 Å². The molecule has 0 N–H and O–H groups in total. The number of hydrogen-bond donors (Lipinski definition) is 0. The van der Waals surface area contributed by atoms with Crippen LogP contribution in [0.1, 0.15) is 22.8 Å². The lowest BCUT2D eigenvalue weighted by Crippen LogP contribution is -2.10. The molecule has 0 aromatic heterocycles. The molecule has 0 saturated carbocycles. The van der Waals surface area contributed by atoms with Gasteiger partial charge in [-0.05, 0) is 36.8 Å².